The predicted octanol–water partition coefficient (Wildman–Crippen LogP) is 8.79. The molecule has 2 fully saturated rings. The van der Waals surface area contributed by atoms with Crippen molar-refractivity contribution in [3.63, 3.8) is 0 Å². The molecular weight excluding hydrogens is 348 g/mol. The van der Waals surface area contributed by atoms with Gasteiger partial charge in [0.2, 0.25) is 0 Å². The summed E-state index contributed by atoms with van der Waals surface area (Å²) in [5.74, 6) is 0. The van der Waals surface area contributed by atoms with E-state index >= 15 is 0 Å². The third-order valence-electron chi connectivity index (χ3n) is 7.70. The van der Waals surface area contributed by atoms with Crippen molar-refractivity contribution in [2.45, 2.75) is 97.3 Å². The van der Waals surface area contributed by atoms with Crippen LogP contribution in [0.2, 0.25) is 0 Å². The van der Waals surface area contributed by atoms with Gasteiger partial charge in [-0.3, -0.25) is 0 Å². The summed E-state index contributed by atoms with van der Waals surface area (Å²) in [6, 6.07) is 22.0. The number of hydrogen-bond acceptors (Lipinski definition) is 0. The van der Waals surface area contributed by atoms with E-state index in [1.807, 2.05) is 0 Å². The molecule has 2 aromatic rings. The van der Waals surface area contributed by atoms with Crippen LogP contribution < -0.4 is 0 Å². The van der Waals surface area contributed by atoms with E-state index in [2.05, 4.69) is 74.5 Å². The molecule has 0 amide bonds. The van der Waals surface area contributed by atoms with Gasteiger partial charge < -0.3 is 0 Å². The van der Waals surface area contributed by atoms with Gasteiger partial charge in [-0.2, -0.15) is 0 Å². The second-order valence-electron chi connectivity index (χ2n) is 9.84. The van der Waals surface area contributed by atoms with Gasteiger partial charge in [0.1, 0.15) is 0 Å². The lowest BCUT2D eigenvalue weighted by molar-refractivity contribution is 0.266. The van der Waals surface area contributed by atoms with Crippen molar-refractivity contribution >= 4 is 0 Å². The molecule has 2 aliphatic rings. The van der Waals surface area contributed by atoms with Crippen LogP contribution in [0.5, 0.6) is 0 Å². The van der Waals surface area contributed by atoms with Crippen LogP contribution in [0, 0.1) is 10.8 Å². The van der Waals surface area contributed by atoms with Crippen LogP contribution in [-0.2, 0) is 12.8 Å². The third-order valence-corrected chi connectivity index (χ3v) is 7.70. The van der Waals surface area contributed by atoms with Crippen molar-refractivity contribution in [3.05, 3.63) is 71.8 Å². The molecule has 2 saturated carbocycles. The fraction of sp³-hybridized carbons (Fsp3) is 0.586. The van der Waals surface area contributed by atoms with Gasteiger partial charge in [-0.25, -0.2) is 0 Å². The molecule has 4 rings (SSSR count). The van der Waals surface area contributed by atoms with Crippen molar-refractivity contribution in [3.8, 4) is 0 Å². The fourth-order valence-electron chi connectivity index (χ4n) is 6.01. The van der Waals surface area contributed by atoms with E-state index in [-0.39, 0.29) is 0 Å². The number of hydrogen-bond donors (Lipinski definition) is 0. The Morgan fingerprint density at radius 3 is 1.41 bits per heavy atom. The van der Waals surface area contributed by atoms with E-state index in [1.165, 1.54) is 94.6 Å². The molecule has 29 heavy (non-hydrogen) atoms. The van der Waals surface area contributed by atoms with Gasteiger partial charge in [0, 0.05) is 0 Å². The average molecular weight is 391 g/mol. The van der Waals surface area contributed by atoms with Gasteiger partial charge in [-0.1, -0.05) is 113 Å². The van der Waals surface area contributed by atoms with Crippen LogP contribution in [0.4, 0.5) is 0 Å². The maximum atomic E-state index is 2.36. The van der Waals surface area contributed by atoms with Crippen molar-refractivity contribution in [1.29, 1.82) is 0 Å². The molecular formula is C29H42. The SMILES string of the molecule is CCC1(Cc2ccccc2)CCCC1.CCCC1(Cc2ccccc2)CCCC1. The van der Waals surface area contributed by atoms with Crippen LogP contribution >= 0.6 is 0 Å². The minimum Gasteiger partial charge on any atom is -0.0654 e. The summed E-state index contributed by atoms with van der Waals surface area (Å²) < 4.78 is 0. The molecule has 0 atom stereocenters. The first-order chi connectivity index (χ1) is 14.2. The third kappa shape index (κ3) is 6.46. The van der Waals surface area contributed by atoms with Crippen LogP contribution in [-0.4, -0.2) is 0 Å². The Morgan fingerprint density at radius 1 is 0.586 bits per heavy atom. The van der Waals surface area contributed by atoms with Crippen LogP contribution in [0.1, 0.15) is 95.6 Å². The van der Waals surface area contributed by atoms with Crippen LogP contribution in [0.25, 0.3) is 0 Å². The topological polar surface area (TPSA) is 0 Å². The molecule has 0 saturated heterocycles. The molecule has 158 valence electrons. The van der Waals surface area contributed by atoms with Crippen molar-refractivity contribution in [2.75, 3.05) is 0 Å². The molecule has 2 aromatic carbocycles. The lowest BCUT2D eigenvalue weighted by atomic mass is 9.76. The quantitative estimate of drug-likeness (QED) is 0.443. The summed E-state index contributed by atoms with van der Waals surface area (Å²) >= 11 is 0. The Balaban J connectivity index is 0.000000166. The summed E-state index contributed by atoms with van der Waals surface area (Å²) in [4.78, 5) is 0. The molecule has 0 radical (unpaired) electrons. The lowest BCUT2D eigenvalue weighted by Gasteiger charge is -2.28. The Morgan fingerprint density at radius 2 is 1.00 bits per heavy atom. The molecule has 0 bridgehead atoms. The second-order valence-corrected chi connectivity index (χ2v) is 9.84. The highest BCUT2D eigenvalue weighted by atomic mass is 14.4. The lowest BCUT2D eigenvalue weighted by Crippen LogP contribution is -2.19. The summed E-state index contributed by atoms with van der Waals surface area (Å²) in [6.07, 6.45) is 18.3. The largest absolute Gasteiger partial charge is 0.0654 e. The average Bonchev–Trinajstić information content (AvgIpc) is 3.41. The fourth-order valence-corrected chi connectivity index (χ4v) is 6.01. The highest BCUT2D eigenvalue weighted by Gasteiger charge is 2.33. The first-order valence-electron chi connectivity index (χ1n) is 12.3. The molecule has 0 aromatic heterocycles. The van der Waals surface area contributed by atoms with E-state index in [9.17, 15) is 0 Å². The minimum atomic E-state index is 0.640. The van der Waals surface area contributed by atoms with Crippen molar-refractivity contribution in [2.24, 2.45) is 10.8 Å². The monoisotopic (exact) mass is 390 g/mol. The van der Waals surface area contributed by atoms with Crippen molar-refractivity contribution in [1.82, 2.24) is 0 Å². The van der Waals surface area contributed by atoms with E-state index in [0.29, 0.717) is 10.8 Å². The van der Waals surface area contributed by atoms with Crippen molar-refractivity contribution < 1.29 is 0 Å². The zero-order chi connectivity index (χ0) is 20.4. The Kier molecular flexibility index (Phi) is 8.40. The van der Waals surface area contributed by atoms with Crippen LogP contribution in [0.3, 0.4) is 0 Å². The predicted molar refractivity (Wildman–Crippen MR) is 127 cm³/mol. The Labute approximate surface area is 180 Å². The highest BCUT2D eigenvalue weighted by Crippen LogP contribution is 2.45. The van der Waals surface area contributed by atoms with Gasteiger partial charge in [0.15, 0.2) is 0 Å². The zero-order valence-electron chi connectivity index (χ0n) is 19.0. The summed E-state index contributed by atoms with van der Waals surface area (Å²) in [5, 5.41) is 0. The maximum Gasteiger partial charge on any atom is -0.0222 e. The summed E-state index contributed by atoms with van der Waals surface area (Å²) in [7, 11) is 0. The van der Waals surface area contributed by atoms with Gasteiger partial charge in [0.25, 0.3) is 0 Å². The smallest absolute Gasteiger partial charge is 0.0222 e. The first kappa shape index (κ1) is 22.1. The van der Waals surface area contributed by atoms with E-state index in [0.717, 1.165) is 0 Å². The Bertz CT molecular complexity index is 672. The van der Waals surface area contributed by atoms with Gasteiger partial charge in [-0.05, 0) is 66.9 Å². The molecule has 2 aliphatic carbocycles. The molecule has 0 spiro atoms. The molecule has 0 nitrogen and oxygen atoms in total. The second kappa shape index (κ2) is 11.0. The molecule has 0 N–H and O–H groups in total. The Hall–Kier alpha value is -1.56. The van der Waals surface area contributed by atoms with Gasteiger partial charge in [-0.15, -0.1) is 0 Å². The number of benzene rings is 2. The van der Waals surface area contributed by atoms with Gasteiger partial charge in [0.05, 0.1) is 0 Å². The highest BCUT2D eigenvalue weighted by molar-refractivity contribution is 5.18. The first-order valence-corrected chi connectivity index (χ1v) is 12.3. The van der Waals surface area contributed by atoms with E-state index in [4.69, 9.17) is 0 Å². The van der Waals surface area contributed by atoms with Gasteiger partial charge >= 0.3 is 0 Å². The van der Waals surface area contributed by atoms with E-state index in [1.54, 1.807) is 0 Å². The normalized spacial score (nSPS) is 19.5. The molecule has 0 unspecified atom stereocenters. The maximum absolute atomic E-state index is 2.36. The molecule has 0 heterocycles. The number of rotatable bonds is 7. The zero-order valence-corrected chi connectivity index (χ0v) is 19.0. The standard InChI is InChI=1S/C15H22.C14H20/c1-2-10-15(11-6-7-12-15)13-14-8-4-3-5-9-14;1-2-14(10-6-7-11-14)12-13-8-4-3-5-9-13/h3-5,8-9H,2,6-7,10-13H2,1H3;3-5,8-9H,2,6-7,10-12H2,1H3. The van der Waals surface area contributed by atoms with Crippen LogP contribution in [0.15, 0.2) is 60.7 Å². The summed E-state index contributed by atoms with van der Waals surface area (Å²) in [6.45, 7) is 4.68. The molecule has 0 heteroatoms. The van der Waals surface area contributed by atoms with E-state index < -0.39 is 0 Å². The molecule has 0 aliphatic heterocycles. The summed E-state index contributed by atoms with van der Waals surface area (Å²) in [5.41, 5.74) is 4.35. The minimum absolute atomic E-state index is 0.640.